The van der Waals surface area contributed by atoms with Crippen molar-refractivity contribution >= 4 is 5.69 Å². The highest BCUT2D eigenvalue weighted by Crippen LogP contribution is 2.24. The van der Waals surface area contributed by atoms with Crippen LogP contribution >= 0.6 is 0 Å². The van der Waals surface area contributed by atoms with E-state index in [-0.39, 0.29) is 6.10 Å². The summed E-state index contributed by atoms with van der Waals surface area (Å²) in [4.78, 5) is 2.49. The van der Waals surface area contributed by atoms with E-state index in [1.54, 1.807) is 0 Å². The number of nitrogens with one attached hydrogen (secondary N) is 1. The van der Waals surface area contributed by atoms with Gasteiger partial charge in [0, 0.05) is 30.9 Å². The van der Waals surface area contributed by atoms with Crippen molar-refractivity contribution in [3.05, 3.63) is 24.3 Å². The van der Waals surface area contributed by atoms with Gasteiger partial charge in [-0.15, -0.1) is 0 Å². The molecule has 1 aromatic rings. The van der Waals surface area contributed by atoms with Gasteiger partial charge in [-0.2, -0.15) is 0 Å². The van der Waals surface area contributed by atoms with Crippen LogP contribution in [0, 0.1) is 5.92 Å². The van der Waals surface area contributed by atoms with E-state index in [4.69, 9.17) is 4.74 Å². The van der Waals surface area contributed by atoms with E-state index in [0.717, 1.165) is 31.8 Å². The standard InChI is InChI=1S/C18H30N2O/c1-5-15(4)21-17-9-6-8-16(12-17)20-11-7-10-19-18(13-20)14(2)3/h6,8-9,12,14-15,18-19H,5,7,10-11,13H2,1-4H3. The number of rotatable bonds is 5. The summed E-state index contributed by atoms with van der Waals surface area (Å²) in [6.07, 6.45) is 2.50. The lowest BCUT2D eigenvalue weighted by atomic mass is 10.0. The van der Waals surface area contributed by atoms with Crippen LogP contribution < -0.4 is 15.0 Å². The summed E-state index contributed by atoms with van der Waals surface area (Å²) in [6, 6.07) is 9.12. The Kier molecular flexibility index (Phi) is 5.92. The second kappa shape index (κ2) is 7.69. The lowest BCUT2D eigenvalue weighted by molar-refractivity contribution is 0.217. The average Bonchev–Trinajstić information content (AvgIpc) is 2.73. The second-order valence-electron chi connectivity index (χ2n) is 6.44. The lowest BCUT2D eigenvalue weighted by Gasteiger charge is -2.29. The van der Waals surface area contributed by atoms with Crippen molar-refractivity contribution in [3.63, 3.8) is 0 Å². The summed E-state index contributed by atoms with van der Waals surface area (Å²) < 4.78 is 5.96. The first kappa shape index (κ1) is 16.2. The van der Waals surface area contributed by atoms with Crippen molar-refractivity contribution in [2.45, 2.75) is 52.7 Å². The Bertz CT molecular complexity index is 433. The maximum Gasteiger partial charge on any atom is 0.121 e. The van der Waals surface area contributed by atoms with Gasteiger partial charge < -0.3 is 15.0 Å². The minimum Gasteiger partial charge on any atom is -0.491 e. The molecule has 1 aliphatic rings. The van der Waals surface area contributed by atoms with Gasteiger partial charge in [0.25, 0.3) is 0 Å². The molecule has 21 heavy (non-hydrogen) atoms. The minimum absolute atomic E-state index is 0.273. The summed E-state index contributed by atoms with van der Waals surface area (Å²) in [5.74, 6) is 1.64. The van der Waals surface area contributed by atoms with E-state index in [0.29, 0.717) is 12.0 Å². The molecule has 1 fully saturated rings. The zero-order valence-electron chi connectivity index (χ0n) is 13.9. The molecule has 1 heterocycles. The van der Waals surface area contributed by atoms with Gasteiger partial charge in [-0.05, 0) is 44.4 Å². The Morgan fingerprint density at radius 1 is 1.33 bits per heavy atom. The normalized spacial score (nSPS) is 21.2. The van der Waals surface area contributed by atoms with Gasteiger partial charge in [0.1, 0.15) is 5.75 Å². The van der Waals surface area contributed by atoms with Crippen LogP contribution in [-0.4, -0.2) is 31.8 Å². The van der Waals surface area contributed by atoms with Crippen LogP contribution in [0.25, 0.3) is 0 Å². The Balaban J connectivity index is 2.10. The summed E-state index contributed by atoms with van der Waals surface area (Å²) in [7, 11) is 0. The lowest BCUT2D eigenvalue weighted by Crippen LogP contribution is -2.41. The van der Waals surface area contributed by atoms with Crippen molar-refractivity contribution in [1.29, 1.82) is 0 Å². The number of ether oxygens (including phenoxy) is 1. The van der Waals surface area contributed by atoms with Crippen LogP contribution in [-0.2, 0) is 0 Å². The quantitative estimate of drug-likeness (QED) is 0.895. The van der Waals surface area contributed by atoms with Gasteiger partial charge in [0.2, 0.25) is 0 Å². The van der Waals surface area contributed by atoms with Crippen LogP contribution in [0.1, 0.15) is 40.5 Å². The molecule has 1 N–H and O–H groups in total. The molecular formula is C18H30N2O. The summed E-state index contributed by atoms with van der Waals surface area (Å²) in [6.45, 7) is 12.2. The third-order valence-electron chi connectivity index (χ3n) is 4.33. The molecule has 0 saturated carbocycles. The largest absolute Gasteiger partial charge is 0.491 e. The predicted molar refractivity (Wildman–Crippen MR) is 90.3 cm³/mol. The van der Waals surface area contributed by atoms with Gasteiger partial charge in [-0.25, -0.2) is 0 Å². The Hall–Kier alpha value is -1.22. The molecule has 118 valence electrons. The number of benzene rings is 1. The molecule has 0 aliphatic carbocycles. The van der Waals surface area contributed by atoms with Gasteiger partial charge in [0.15, 0.2) is 0 Å². The highest BCUT2D eigenvalue weighted by atomic mass is 16.5. The molecule has 0 radical (unpaired) electrons. The molecule has 3 heteroatoms. The van der Waals surface area contributed by atoms with Crippen molar-refractivity contribution < 1.29 is 4.74 Å². The fourth-order valence-electron chi connectivity index (χ4n) is 2.70. The van der Waals surface area contributed by atoms with E-state index in [2.05, 4.69) is 62.2 Å². The maximum absolute atomic E-state index is 5.96. The SMILES string of the molecule is CCC(C)Oc1cccc(N2CCCNC(C(C)C)C2)c1. The fourth-order valence-corrected chi connectivity index (χ4v) is 2.70. The number of hydrogen-bond donors (Lipinski definition) is 1. The summed E-state index contributed by atoms with van der Waals surface area (Å²) in [5, 5.41) is 3.66. The highest BCUT2D eigenvalue weighted by Gasteiger charge is 2.20. The van der Waals surface area contributed by atoms with Gasteiger partial charge in [-0.3, -0.25) is 0 Å². The molecule has 2 rings (SSSR count). The first-order valence-electron chi connectivity index (χ1n) is 8.35. The first-order chi connectivity index (χ1) is 10.1. The molecule has 1 aromatic carbocycles. The molecule has 3 nitrogen and oxygen atoms in total. The van der Waals surface area contributed by atoms with E-state index in [9.17, 15) is 0 Å². The van der Waals surface area contributed by atoms with Gasteiger partial charge in [0.05, 0.1) is 6.10 Å². The molecule has 0 amide bonds. The molecule has 0 bridgehead atoms. The van der Waals surface area contributed by atoms with Crippen LogP contribution in [0.15, 0.2) is 24.3 Å². The minimum atomic E-state index is 0.273. The van der Waals surface area contributed by atoms with E-state index < -0.39 is 0 Å². The van der Waals surface area contributed by atoms with Crippen LogP contribution in [0.2, 0.25) is 0 Å². The van der Waals surface area contributed by atoms with Crippen molar-refractivity contribution in [3.8, 4) is 5.75 Å². The second-order valence-corrected chi connectivity index (χ2v) is 6.44. The molecule has 0 spiro atoms. The Labute approximate surface area is 129 Å². The molecule has 0 aromatic heterocycles. The monoisotopic (exact) mass is 290 g/mol. The van der Waals surface area contributed by atoms with E-state index >= 15 is 0 Å². The fraction of sp³-hybridized carbons (Fsp3) is 0.667. The third-order valence-corrected chi connectivity index (χ3v) is 4.33. The molecule has 2 atom stereocenters. The van der Waals surface area contributed by atoms with Crippen molar-refractivity contribution in [2.75, 3.05) is 24.5 Å². The first-order valence-corrected chi connectivity index (χ1v) is 8.35. The number of hydrogen-bond acceptors (Lipinski definition) is 3. The van der Waals surface area contributed by atoms with Crippen LogP contribution in [0.5, 0.6) is 5.75 Å². The highest BCUT2D eigenvalue weighted by molar-refractivity contribution is 5.51. The average molecular weight is 290 g/mol. The Morgan fingerprint density at radius 2 is 2.14 bits per heavy atom. The van der Waals surface area contributed by atoms with Gasteiger partial charge in [-0.1, -0.05) is 26.8 Å². The topological polar surface area (TPSA) is 24.5 Å². The van der Waals surface area contributed by atoms with Gasteiger partial charge >= 0.3 is 0 Å². The van der Waals surface area contributed by atoms with Crippen LogP contribution in [0.4, 0.5) is 5.69 Å². The maximum atomic E-state index is 5.96. The van der Waals surface area contributed by atoms with Crippen molar-refractivity contribution in [2.24, 2.45) is 5.92 Å². The molecule has 2 unspecified atom stereocenters. The Morgan fingerprint density at radius 3 is 2.86 bits per heavy atom. The summed E-state index contributed by atoms with van der Waals surface area (Å²) in [5.41, 5.74) is 1.28. The number of anilines is 1. The van der Waals surface area contributed by atoms with Crippen LogP contribution in [0.3, 0.4) is 0 Å². The molecule has 1 saturated heterocycles. The van der Waals surface area contributed by atoms with E-state index in [1.807, 2.05) is 0 Å². The summed E-state index contributed by atoms with van der Waals surface area (Å²) >= 11 is 0. The zero-order chi connectivity index (χ0) is 15.2. The molecule has 1 aliphatic heterocycles. The van der Waals surface area contributed by atoms with E-state index in [1.165, 1.54) is 12.1 Å². The third kappa shape index (κ3) is 4.63. The zero-order valence-corrected chi connectivity index (χ0v) is 13.9. The van der Waals surface area contributed by atoms with Crippen molar-refractivity contribution in [1.82, 2.24) is 5.32 Å². The number of nitrogens with zero attached hydrogens (tertiary/aromatic N) is 1. The smallest absolute Gasteiger partial charge is 0.121 e. The molecular weight excluding hydrogens is 260 g/mol. The predicted octanol–water partition coefficient (Wildman–Crippen LogP) is 3.69.